The molecule has 0 aliphatic rings. The van der Waals surface area contributed by atoms with Crippen LogP contribution in [0.2, 0.25) is 0 Å². The zero-order chi connectivity index (χ0) is 27.0. The van der Waals surface area contributed by atoms with E-state index in [2.05, 4.69) is 32.7 Å². The van der Waals surface area contributed by atoms with Crippen LogP contribution in [0.15, 0.2) is 60.7 Å². The van der Waals surface area contributed by atoms with Crippen LogP contribution in [-0.2, 0) is 16.0 Å². The molecule has 41 heavy (non-hydrogen) atoms. The van der Waals surface area contributed by atoms with E-state index in [1.54, 1.807) is 42.5 Å². The van der Waals surface area contributed by atoms with E-state index in [0.717, 1.165) is 18.1 Å². The maximum absolute atomic E-state index is 15.0. The Morgan fingerprint density at radius 3 is 1.85 bits per heavy atom. The molecule has 3 aromatic carbocycles. The van der Waals surface area contributed by atoms with Gasteiger partial charge in [-0.3, -0.25) is 11.0 Å². The van der Waals surface area contributed by atoms with Crippen molar-refractivity contribution in [1.29, 1.82) is 0 Å². The van der Waals surface area contributed by atoms with Crippen molar-refractivity contribution in [3.8, 4) is 28.0 Å². The van der Waals surface area contributed by atoms with E-state index in [-0.39, 0.29) is 237 Å². The van der Waals surface area contributed by atoms with Gasteiger partial charge in [0, 0.05) is 17.1 Å². The molecule has 0 aromatic heterocycles. The summed E-state index contributed by atoms with van der Waals surface area (Å²) in [5.41, 5.74) is 1.90. The molecule has 0 aliphatic carbocycles. The smallest absolute Gasteiger partial charge is 0.573 e. The Morgan fingerprint density at radius 2 is 1.44 bits per heavy atom. The van der Waals surface area contributed by atoms with Crippen molar-refractivity contribution in [1.82, 2.24) is 0 Å². The van der Waals surface area contributed by atoms with Crippen molar-refractivity contribution in [2.24, 2.45) is 0 Å². The van der Waals surface area contributed by atoms with E-state index in [1.165, 1.54) is 6.07 Å². The third kappa shape index (κ3) is 21.1. The van der Waals surface area contributed by atoms with Crippen molar-refractivity contribution in [2.45, 2.75) is 27.2 Å². The second-order valence-corrected chi connectivity index (χ2v) is 6.74. The molecular formula is C32H33F2K4O3-5. The number of halogens is 2. The van der Waals surface area contributed by atoms with Gasteiger partial charge in [-0.1, -0.05) is 43.2 Å². The molecule has 9 heteroatoms. The van der Waals surface area contributed by atoms with E-state index in [4.69, 9.17) is 0 Å². The largest absolute Gasteiger partial charge is 1.00 e. The molecule has 0 fully saturated rings. The number of aromatic hydroxyl groups is 1. The van der Waals surface area contributed by atoms with Gasteiger partial charge in [0.15, 0.2) is 0 Å². The second-order valence-electron chi connectivity index (χ2n) is 6.74. The van der Waals surface area contributed by atoms with Crippen LogP contribution < -0.4 is 206 Å². The number of aryl methyl sites for hydroxylation is 1. The Labute approximate surface area is 417 Å². The first-order valence-corrected chi connectivity index (χ1v) is 10.4. The van der Waals surface area contributed by atoms with Crippen molar-refractivity contribution < 1.29 is 229 Å². The number of phenolic OH excluding ortho intramolecular Hbond substituents is 1. The van der Waals surface area contributed by atoms with E-state index in [1.807, 2.05) is 27.2 Å². The number of hydrogen-bond acceptors (Lipinski definition) is 3. The number of rotatable bonds is 5. The molecule has 0 radical (unpaired) electrons. The van der Waals surface area contributed by atoms with Crippen LogP contribution in [0, 0.1) is 59.1 Å². The number of allylic oxidation sites excluding steroid dienone is 1. The Balaban J connectivity index is -0.000000119. The molecule has 202 valence electrons. The average Bonchev–Trinajstić information content (AvgIpc) is 2.88. The summed E-state index contributed by atoms with van der Waals surface area (Å²) in [7, 11) is 0. The summed E-state index contributed by atoms with van der Waals surface area (Å²) < 4.78 is 29.1. The maximum Gasteiger partial charge on any atom is 1.00 e. The first-order chi connectivity index (χ1) is 16.7. The molecule has 3 aromatic rings. The molecule has 3 nitrogen and oxygen atoms in total. The second kappa shape index (κ2) is 35.4. The van der Waals surface area contributed by atoms with Crippen molar-refractivity contribution in [3.63, 3.8) is 0 Å². The Hall–Kier alpha value is 2.56. The Bertz CT molecular complexity index is 1130. The van der Waals surface area contributed by atoms with E-state index in [0.29, 0.717) is 23.1 Å². The standard InChI is InChI=1S/C21H16F2O.C4HO2.C3H7.C2H3.2CH3.4K/c1-3-14-11-15(12-19(22)13(14)2)16-8-6-9-18(21(16)23)17-7-4-5-10-20(17)24;1-4(2-5)3-6;1-3-2;1-2;;;;;;/h4-9,11-12,24H,2-3H2,1H3;1H;3H,1-2H3;1H,2H2;2*1H3;;;;/q-2;-3;4*-1;4*+1. The molecule has 0 atom stereocenters. The first-order valence-electron chi connectivity index (χ1n) is 10.4. The van der Waals surface area contributed by atoms with Crippen LogP contribution >= 0.6 is 0 Å². The van der Waals surface area contributed by atoms with Gasteiger partial charge in [-0.2, -0.15) is 44.5 Å². The molecule has 0 saturated heterocycles. The number of carbonyl (C=O) groups excluding carboxylic acids is 2. The Kier molecular flexibility index (Phi) is 51.0. The SMILES string of the molecule is C[CH-]C.[CH-]=C.[CH-]=C([C-]=O)[C-]=O.[CH2-]c1c(F)cc(-c2cccc(-c3ccc[c-]c3O)c2F)cc1CC.[CH3-].[CH3-].[K+].[K+].[K+].[K+]. The van der Waals surface area contributed by atoms with E-state index in [9.17, 15) is 19.1 Å². The van der Waals surface area contributed by atoms with Gasteiger partial charge in [0.05, 0.1) is 0 Å². The summed E-state index contributed by atoms with van der Waals surface area (Å²) in [5.74, 6) is -1.09. The van der Waals surface area contributed by atoms with Crippen LogP contribution in [0.1, 0.15) is 31.9 Å². The molecule has 0 amide bonds. The van der Waals surface area contributed by atoms with E-state index >= 15 is 4.39 Å². The maximum atomic E-state index is 15.0. The quantitative estimate of drug-likeness (QED) is 0.0997. The van der Waals surface area contributed by atoms with Crippen molar-refractivity contribution in [2.75, 3.05) is 0 Å². The molecule has 0 bridgehead atoms. The van der Waals surface area contributed by atoms with E-state index < -0.39 is 17.2 Å². The van der Waals surface area contributed by atoms with Gasteiger partial charge in [-0.15, -0.1) is 17.7 Å². The van der Waals surface area contributed by atoms with Crippen molar-refractivity contribution >= 4 is 12.6 Å². The zero-order valence-corrected chi connectivity index (χ0v) is 38.5. The van der Waals surface area contributed by atoms with Crippen LogP contribution in [-0.4, -0.2) is 17.7 Å². The molecule has 3 rings (SSSR count). The van der Waals surface area contributed by atoms with Gasteiger partial charge in [0.25, 0.3) is 0 Å². The molecule has 0 unspecified atom stereocenters. The number of para-hydroxylation sites is 1. The fraction of sp³-hybridized carbons (Fsp3) is 0.125. The predicted octanol–water partition coefficient (Wildman–Crippen LogP) is -4.13. The van der Waals surface area contributed by atoms with Gasteiger partial charge in [0.1, 0.15) is 5.82 Å². The van der Waals surface area contributed by atoms with Gasteiger partial charge >= 0.3 is 206 Å². The van der Waals surface area contributed by atoms with Crippen LogP contribution in [0.3, 0.4) is 0 Å². The normalized spacial score (nSPS) is 7.83. The van der Waals surface area contributed by atoms with Crippen molar-refractivity contribution in [3.05, 3.63) is 131 Å². The molecule has 1 N–H and O–H groups in total. The summed E-state index contributed by atoms with van der Waals surface area (Å²) in [6, 6.07) is 15.4. The fourth-order valence-corrected chi connectivity index (χ4v) is 2.79. The minimum Gasteiger partial charge on any atom is -0.573 e. The van der Waals surface area contributed by atoms with Crippen LogP contribution in [0.4, 0.5) is 8.78 Å². The third-order valence-corrected chi connectivity index (χ3v) is 4.32. The molecule has 0 heterocycles. The fourth-order valence-electron chi connectivity index (χ4n) is 2.79. The minimum absolute atomic E-state index is 0. The number of hydrogen-bond donors (Lipinski definition) is 1. The molecular weight excluding hydrogens is 627 g/mol. The summed E-state index contributed by atoms with van der Waals surface area (Å²) in [4.78, 5) is 18.4. The van der Waals surface area contributed by atoms with Crippen LogP contribution in [0.5, 0.6) is 5.75 Å². The summed E-state index contributed by atoms with van der Waals surface area (Å²) in [6.07, 6.45) is 4.88. The summed E-state index contributed by atoms with van der Waals surface area (Å²) in [5, 5.41) is 9.92. The zero-order valence-electron chi connectivity index (χ0n) is 26.0. The molecule has 0 aliphatic heterocycles. The molecule has 0 saturated carbocycles. The first kappa shape index (κ1) is 59.0. The predicted molar refractivity (Wildman–Crippen MR) is 149 cm³/mol. The Morgan fingerprint density at radius 1 is 0.976 bits per heavy atom. The topological polar surface area (TPSA) is 54.4 Å². The van der Waals surface area contributed by atoms with Gasteiger partial charge in [-0.25, -0.2) is 4.39 Å². The third-order valence-electron chi connectivity index (χ3n) is 4.32. The van der Waals surface area contributed by atoms with Gasteiger partial charge in [-0.05, 0) is 11.1 Å². The summed E-state index contributed by atoms with van der Waals surface area (Å²) >= 11 is 0. The monoisotopic (exact) mass is 659 g/mol. The molecule has 0 spiro atoms. The van der Waals surface area contributed by atoms with Gasteiger partial charge in [0.2, 0.25) is 0 Å². The number of phenols is 1. The average molecular weight is 660 g/mol. The van der Waals surface area contributed by atoms with Gasteiger partial charge < -0.3 is 67.3 Å². The summed E-state index contributed by atoms with van der Waals surface area (Å²) in [6.45, 7) is 21.2. The minimum atomic E-state index is -0.519. The number of benzene rings is 3. The van der Waals surface area contributed by atoms with Crippen LogP contribution in [0.25, 0.3) is 22.3 Å².